The number of alkyl halides is 1. The third-order valence-electron chi connectivity index (χ3n) is 13.5. The molecule has 16 nitrogen and oxygen atoms in total. The van der Waals surface area contributed by atoms with Crippen LogP contribution in [0.4, 0.5) is 4.79 Å². The van der Waals surface area contributed by atoms with Crippen molar-refractivity contribution in [3.63, 3.8) is 0 Å². The Kier molecular flexibility index (Phi) is 15.4. The number of ether oxygens (including phenoxy) is 2. The van der Waals surface area contributed by atoms with Gasteiger partial charge in [0.15, 0.2) is 0 Å². The Labute approximate surface area is 417 Å². The van der Waals surface area contributed by atoms with E-state index in [1.807, 2.05) is 46.1 Å². The number of nitrogens with one attached hydrogen (secondary N) is 2. The van der Waals surface area contributed by atoms with E-state index in [0.29, 0.717) is 37.4 Å². The average Bonchev–Trinajstić information content (AvgIpc) is 3.91. The molecule has 6 heterocycles. The molecule has 18 heteroatoms. The fraction of sp³-hybridized carbons (Fsp3) is 0.540. The molecule has 3 aromatic heterocycles. The number of aromatic nitrogens is 3. The van der Waals surface area contributed by atoms with Crippen molar-refractivity contribution < 1.29 is 33.4 Å². The summed E-state index contributed by atoms with van der Waals surface area (Å²) in [6.07, 6.45) is 4.43. The molecule has 4 aromatic rings. The van der Waals surface area contributed by atoms with Crippen LogP contribution >= 0.6 is 33.9 Å². The van der Waals surface area contributed by atoms with E-state index in [4.69, 9.17) is 19.4 Å². The number of amides is 5. The predicted molar refractivity (Wildman–Crippen MR) is 272 cm³/mol. The highest BCUT2D eigenvalue weighted by Crippen LogP contribution is 2.42. The van der Waals surface area contributed by atoms with E-state index >= 15 is 0 Å². The molecule has 0 radical (unpaired) electrons. The van der Waals surface area contributed by atoms with Gasteiger partial charge < -0.3 is 34.1 Å². The van der Waals surface area contributed by atoms with Gasteiger partial charge in [0.05, 0.1) is 41.3 Å². The van der Waals surface area contributed by atoms with Crippen molar-refractivity contribution >= 4 is 74.6 Å². The van der Waals surface area contributed by atoms with E-state index in [2.05, 4.69) is 89.5 Å². The molecule has 3 aliphatic heterocycles. The summed E-state index contributed by atoms with van der Waals surface area (Å²) in [6.45, 7) is 21.1. The molecule has 0 spiro atoms. The maximum Gasteiger partial charge on any atom is 0.324 e. The smallest absolute Gasteiger partial charge is 0.324 e. The van der Waals surface area contributed by atoms with Gasteiger partial charge in [0, 0.05) is 85.3 Å². The van der Waals surface area contributed by atoms with Gasteiger partial charge in [-0.05, 0) is 88.8 Å². The fourth-order valence-electron chi connectivity index (χ4n) is 9.85. The standard InChI is InChI=1S/C50H66IN9O7S/c1-12-41(61)58-27-50(9,51)59(25-30(58)5)48(65)56(10)43(29(3)4)45(62)54-37-23-40-53-38(26-68-40)32-18-19-39-34(22-32)35(44(57(39)13-2)33-16-14-20-52-42(33)31(6)66-11)24-49(7,8)28-67-47(64)36-17-15-21-60(55-36)46(37)63/h12,14,16,18-20,22,26,29-31,36-37,43,55H,1,13,15,17,21,23-25,27-28H2,2-11H3,(H,54,62)/t30-,31-,36-,37-,43-,50-/m0/s1. The fourth-order valence-corrected chi connectivity index (χ4v) is 11.5. The number of nitrogens with zero attached hydrogens (tertiary/aromatic N) is 7. The van der Waals surface area contributed by atoms with Gasteiger partial charge in [-0.25, -0.2) is 15.2 Å². The Balaban J connectivity index is 1.26. The Morgan fingerprint density at radius 1 is 1.18 bits per heavy atom. The van der Waals surface area contributed by atoms with Gasteiger partial charge in [-0.2, -0.15) is 0 Å². The lowest BCUT2D eigenvalue weighted by Gasteiger charge is -2.50. The Bertz CT molecular complexity index is 2570. The molecule has 6 bridgehead atoms. The summed E-state index contributed by atoms with van der Waals surface area (Å²) in [5.41, 5.74) is 9.24. The van der Waals surface area contributed by atoms with Crippen molar-refractivity contribution in [1.29, 1.82) is 0 Å². The number of hydrogen-bond acceptors (Lipinski definition) is 11. The maximum absolute atomic E-state index is 14.7. The van der Waals surface area contributed by atoms with E-state index in [1.54, 1.807) is 30.2 Å². The summed E-state index contributed by atoms with van der Waals surface area (Å²) in [6, 6.07) is 6.88. The molecule has 3 aliphatic rings. The van der Waals surface area contributed by atoms with E-state index < -0.39 is 44.9 Å². The molecule has 2 fully saturated rings. The minimum atomic E-state index is -1.10. The van der Waals surface area contributed by atoms with Crippen LogP contribution in [0.25, 0.3) is 33.4 Å². The lowest BCUT2D eigenvalue weighted by Crippen LogP contribution is -2.67. The summed E-state index contributed by atoms with van der Waals surface area (Å²) in [5.74, 6) is -1.96. The number of fused-ring (bicyclic) bond motifs is 6. The van der Waals surface area contributed by atoms with Crippen molar-refractivity contribution in [2.75, 3.05) is 40.4 Å². The van der Waals surface area contributed by atoms with Crippen molar-refractivity contribution in [3.05, 3.63) is 70.8 Å². The van der Waals surface area contributed by atoms with Crippen molar-refractivity contribution in [2.45, 2.75) is 121 Å². The van der Waals surface area contributed by atoms with Gasteiger partial charge in [-0.15, -0.1) is 11.3 Å². The number of thiazole rings is 1. The van der Waals surface area contributed by atoms with Gasteiger partial charge in [-0.3, -0.25) is 29.2 Å². The molecule has 366 valence electrons. The second-order valence-corrected chi connectivity index (χ2v) is 22.9. The molecule has 2 N–H and O–H groups in total. The van der Waals surface area contributed by atoms with E-state index in [0.717, 1.165) is 44.7 Å². The van der Waals surface area contributed by atoms with E-state index in [-0.39, 0.29) is 56.1 Å². The number of rotatable bonds is 9. The number of halogens is 1. The highest BCUT2D eigenvalue weighted by Gasteiger charge is 2.46. The topological polar surface area (TPSA) is 172 Å². The van der Waals surface area contributed by atoms with Gasteiger partial charge in [0.25, 0.3) is 5.91 Å². The van der Waals surface area contributed by atoms with Crippen molar-refractivity contribution in [3.8, 4) is 22.5 Å². The normalized spacial score (nSPS) is 23.2. The summed E-state index contributed by atoms with van der Waals surface area (Å²) in [5, 5.41) is 8.11. The second-order valence-electron chi connectivity index (χ2n) is 19.6. The van der Waals surface area contributed by atoms with E-state index in [1.165, 1.54) is 27.3 Å². The van der Waals surface area contributed by atoms with Gasteiger partial charge in [0.1, 0.15) is 21.7 Å². The number of carbonyl (C=O) groups is 5. The quantitative estimate of drug-likeness (QED) is 0.0577. The largest absolute Gasteiger partial charge is 0.464 e. The lowest BCUT2D eigenvalue weighted by molar-refractivity contribution is -0.155. The summed E-state index contributed by atoms with van der Waals surface area (Å²) in [4.78, 5) is 85.1. The summed E-state index contributed by atoms with van der Waals surface area (Å²) >= 11 is 3.59. The maximum atomic E-state index is 14.7. The summed E-state index contributed by atoms with van der Waals surface area (Å²) in [7, 11) is 3.28. The molecule has 7 rings (SSSR count). The number of esters is 1. The van der Waals surface area contributed by atoms with Gasteiger partial charge in [0.2, 0.25) is 11.8 Å². The minimum absolute atomic E-state index is 0.0626. The number of urea groups is 1. The number of cyclic esters (lactones) is 1. The Morgan fingerprint density at radius 3 is 2.62 bits per heavy atom. The van der Waals surface area contributed by atoms with Crippen LogP contribution in [0.15, 0.2) is 54.6 Å². The highest BCUT2D eigenvalue weighted by molar-refractivity contribution is 14.1. The monoisotopic (exact) mass is 1060 g/mol. The molecule has 6 atom stereocenters. The molecule has 1 aromatic carbocycles. The molecule has 2 saturated heterocycles. The molecule has 5 amide bonds. The zero-order valence-corrected chi connectivity index (χ0v) is 43.9. The van der Waals surface area contributed by atoms with Crippen LogP contribution in [0.1, 0.15) is 90.6 Å². The molecule has 0 saturated carbocycles. The first-order valence-corrected chi connectivity index (χ1v) is 25.4. The summed E-state index contributed by atoms with van der Waals surface area (Å²) < 4.78 is 13.5. The number of piperazine rings is 1. The van der Waals surface area contributed by atoms with E-state index in [9.17, 15) is 24.0 Å². The Morgan fingerprint density at radius 2 is 1.93 bits per heavy atom. The van der Waals surface area contributed by atoms with Crippen LogP contribution in [-0.2, 0) is 48.0 Å². The Hall–Kier alpha value is -4.92. The SMILES string of the molecule is C=CC(=O)N1C[C@@](C)(I)N(C(=O)N(C)[C@H](C(=O)N[C@H]2Cc3nc(cs3)-c3ccc4c(c3)c(c(-c3cccnc3[C@H](C)OC)n4CC)CC(C)(C)COC(=O)[C@@H]3CCCN(N3)C2=O)C(C)C)C[C@@H]1C. The molecular formula is C50H66IN9O7S. The number of carbonyl (C=O) groups excluding carboxylic acids is 5. The van der Waals surface area contributed by atoms with Gasteiger partial charge >= 0.3 is 12.0 Å². The zero-order valence-electron chi connectivity index (χ0n) is 40.9. The number of pyridine rings is 1. The number of hydrogen-bond donors (Lipinski definition) is 2. The van der Waals surface area contributed by atoms with Gasteiger partial charge in [-0.1, -0.05) is 62.9 Å². The minimum Gasteiger partial charge on any atom is -0.464 e. The zero-order chi connectivity index (χ0) is 49.4. The third kappa shape index (κ3) is 10.3. The first-order valence-electron chi connectivity index (χ1n) is 23.5. The number of likely N-dealkylation sites (N-methyl/N-ethyl adjacent to an activating group) is 1. The van der Waals surface area contributed by atoms with Crippen molar-refractivity contribution in [1.82, 2.24) is 45.0 Å². The average molecular weight is 1060 g/mol. The highest BCUT2D eigenvalue weighted by atomic mass is 127. The second kappa shape index (κ2) is 20.6. The third-order valence-corrected chi connectivity index (χ3v) is 15.3. The number of benzene rings is 1. The van der Waals surface area contributed by atoms with Crippen LogP contribution < -0.4 is 10.7 Å². The number of aryl methyl sites for hydroxylation is 1. The van der Waals surface area contributed by atoms with Crippen LogP contribution in [0.5, 0.6) is 0 Å². The van der Waals surface area contributed by atoms with Crippen LogP contribution in [-0.4, -0.2) is 132 Å². The molecule has 68 heavy (non-hydrogen) atoms. The first kappa shape index (κ1) is 50.9. The molecular weight excluding hydrogens is 998 g/mol. The molecule has 0 aliphatic carbocycles. The van der Waals surface area contributed by atoms with Crippen molar-refractivity contribution in [2.24, 2.45) is 11.3 Å². The first-order chi connectivity index (χ1) is 32.2. The molecule has 0 unspecified atom stereocenters. The number of hydrazine groups is 1. The lowest BCUT2D eigenvalue weighted by atomic mass is 9.84. The number of methoxy groups -OCH3 is 1. The predicted octanol–water partition coefficient (Wildman–Crippen LogP) is 7.15. The van der Waals surface area contributed by atoms with Crippen LogP contribution in [0.3, 0.4) is 0 Å². The van der Waals surface area contributed by atoms with Crippen LogP contribution in [0.2, 0.25) is 0 Å². The van der Waals surface area contributed by atoms with Crippen LogP contribution in [0, 0.1) is 11.3 Å².